The number of amides is 2. The van der Waals surface area contributed by atoms with Crippen molar-refractivity contribution in [3.8, 4) is 0 Å². The molecule has 0 rings (SSSR count). The van der Waals surface area contributed by atoms with Crippen molar-refractivity contribution in [1.29, 1.82) is 0 Å². The Labute approximate surface area is 60.9 Å². The van der Waals surface area contributed by atoms with E-state index in [1.54, 1.807) is 14.2 Å². The monoisotopic (exact) mass is 146 g/mol. The lowest BCUT2D eigenvalue weighted by atomic mass is 10.4. The SMILES string of the molecule is CNC(=O)NCCCOC. The number of nitrogens with one attached hydrogen (secondary N) is 2. The molecule has 2 amide bonds. The summed E-state index contributed by atoms with van der Waals surface area (Å²) in [5, 5.41) is 5.09. The van der Waals surface area contributed by atoms with Crippen LogP contribution in [0.4, 0.5) is 4.79 Å². The average molecular weight is 146 g/mol. The summed E-state index contributed by atoms with van der Waals surface area (Å²) in [6.07, 6.45) is 0.851. The highest BCUT2D eigenvalue weighted by molar-refractivity contribution is 5.73. The van der Waals surface area contributed by atoms with E-state index in [-0.39, 0.29) is 6.03 Å². The van der Waals surface area contributed by atoms with Gasteiger partial charge >= 0.3 is 6.03 Å². The third-order valence-corrected chi connectivity index (χ3v) is 1.04. The van der Waals surface area contributed by atoms with Crippen LogP contribution in [0.15, 0.2) is 0 Å². The molecule has 0 aliphatic heterocycles. The van der Waals surface area contributed by atoms with Crippen LogP contribution in [0.2, 0.25) is 0 Å². The molecule has 2 N–H and O–H groups in total. The zero-order valence-electron chi connectivity index (χ0n) is 6.44. The molecule has 60 valence electrons. The first-order valence-electron chi connectivity index (χ1n) is 3.25. The minimum Gasteiger partial charge on any atom is -0.385 e. The molecule has 0 heterocycles. The van der Waals surface area contributed by atoms with Crippen molar-refractivity contribution >= 4 is 6.03 Å². The smallest absolute Gasteiger partial charge is 0.314 e. The van der Waals surface area contributed by atoms with E-state index in [4.69, 9.17) is 4.74 Å². The number of rotatable bonds is 4. The molecule has 0 fully saturated rings. The van der Waals surface area contributed by atoms with Crippen LogP contribution in [0, 0.1) is 0 Å². The van der Waals surface area contributed by atoms with Gasteiger partial charge in [-0.05, 0) is 6.42 Å². The van der Waals surface area contributed by atoms with Gasteiger partial charge in [0.1, 0.15) is 0 Å². The van der Waals surface area contributed by atoms with Gasteiger partial charge in [0.2, 0.25) is 0 Å². The molecule has 0 aromatic carbocycles. The normalized spacial score (nSPS) is 9.00. The molecule has 0 saturated carbocycles. The number of carbonyl (C=O) groups is 1. The Morgan fingerprint density at radius 3 is 2.80 bits per heavy atom. The van der Waals surface area contributed by atoms with Crippen LogP contribution in [-0.4, -0.2) is 33.3 Å². The van der Waals surface area contributed by atoms with Crippen molar-refractivity contribution in [3.63, 3.8) is 0 Å². The molecular formula is C6H14N2O2. The van der Waals surface area contributed by atoms with Crippen LogP contribution < -0.4 is 10.6 Å². The Kier molecular flexibility index (Phi) is 5.86. The maximum Gasteiger partial charge on any atom is 0.314 e. The number of carbonyl (C=O) groups excluding carboxylic acids is 1. The molecule has 0 radical (unpaired) electrons. The molecule has 0 saturated heterocycles. The van der Waals surface area contributed by atoms with Crippen molar-refractivity contribution in [2.75, 3.05) is 27.3 Å². The molecule has 0 aromatic rings. The first kappa shape index (κ1) is 9.23. The summed E-state index contributed by atoms with van der Waals surface area (Å²) in [5.74, 6) is 0. The molecular weight excluding hydrogens is 132 g/mol. The van der Waals surface area contributed by atoms with Crippen molar-refractivity contribution < 1.29 is 9.53 Å². The molecule has 4 nitrogen and oxygen atoms in total. The average Bonchev–Trinajstić information content (AvgIpc) is 1.98. The summed E-state index contributed by atoms with van der Waals surface area (Å²) >= 11 is 0. The van der Waals surface area contributed by atoms with Crippen LogP contribution in [-0.2, 0) is 4.74 Å². The summed E-state index contributed by atoms with van der Waals surface area (Å²) in [7, 11) is 3.23. The first-order chi connectivity index (χ1) is 4.81. The highest BCUT2D eigenvalue weighted by Gasteiger charge is 1.92. The van der Waals surface area contributed by atoms with Crippen molar-refractivity contribution in [2.45, 2.75) is 6.42 Å². The topological polar surface area (TPSA) is 50.4 Å². The summed E-state index contributed by atoms with van der Waals surface area (Å²) in [6, 6.07) is -0.142. The number of hydrogen-bond donors (Lipinski definition) is 2. The van der Waals surface area contributed by atoms with Gasteiger partial charge in [-0.3, -0.25) is 0 Å². The molecule has 0 bridgehead atoms. The molecule has 0 atom stereocenters. The van der Waals surface area contributed by atoms with E-state index in [2.05, 4.69) is 10.6 Å². The zero-order chi connectivity index (χ0) is 7.82. The van der Waals surface area contributed by atoms with Crippen LogP contribution in [0.1, 0.15) is 6.42 Å². The predicted molar refractivity (Wildman–Crippen MR) is 39.0 cm³/mol. The van der Waals surface area contributed by atoms with Crippen molar-refractivity contribution in [3.05, 3.63) is 0 Å². The van der Waals surface area contributed by atoms with Crippen LogP contribution >= 0.6 is 0 Å². The summed E-state index contributed by atoms with van der Waals surface area (Å²) in [6.45, 7) is 1.34. The molecule has 0 unspecified atom stereocenters. The van der Waals surface area contributed by atoms with E-state index >= 15 is 0 Å². The summed E-state index contributed by atoms with van der Waals surface area (Å²) in [4.78, 5) is 10.5. The molecule has 10 heavy (non-hydrogen) atoms. The summed E-state index contributed by atoms with van der Waals surface area (Å²) < 4.78 is 4.79. The largest absolute Gasteiger partial charge is 0.385 e. The quantitative estimate of drug-likeness (QED) is 0.546. The van der Waals surface area contributed by atoms with Crippen molar-refractivity contribution in [1.82, 2.24) is 10.6 Å². The minimum absolute atomic E-state index is 0.142. The Morgan fingerprint density at radius 2 is 2.30 bits per heavy atom. The van der Waals surface area contributed by atoms with E-state index in [0.29, 0.717) is 13.2 Å². The lowest BCUT2D eigenvalue weighted by molar-refractivity contribution is 0.193. The molecule has 0 aromatic heterocycles. The maximum atomic E-state index is 10.5. The van der Waals surface area contributed by atoms with Gasteiger partial charge in [-0.1, -0.05) is 0 Å². The highest BCUT2D eigenvalue weighted by atomic mass is 16.5. The standard InChI is InChI=1S/C6H14N2O2/c1-7-6(9)8-4-3-5-10-2/h3-5H2,1-2H3,(H2,7,8,9). The Morgan fingerprint density at radius 1 is 1.60 bits per heavy atom. The molecule has 0 aliphatic rings. The van der Waals surface area contributed by atoms with Gasteiger partial charge in [-0.2, -0.15) is 0 Å². The lowest BCUT2D eigenvalue weighted by Crippen LogP contribution is -2.33. The second kappa shape index (κ2) is 6.35. The van der Waals surface area contributed by atoms with E-state index in [1.807, 2.05) is 0 Å². The fourth-order valence-electron chi connectivity index (χ4n) is 0.507. The van der Waals surface area contributed by atoms with Gasteiger partial charge in [0.25, 0.3) is 0 Å². The Bertz CT molecular complexity index is 95.7. The number of urea groups is 1. The van der Waals surface area contributed by atoms with Gasteiger partial charge in [-0.25, -0.2) is 4.79 Å². The van der Waals surface area contributed by atoms with E-state index in [0.717, 1.165) is 6.42 Å². The fraction of sp³-hybridized carbons (Fsp3) is 0.833. The minimum atomic E-state index is -0.142. The van der Waals surface area contributed by atoms with Crippen LogP contribution in [0.3, 0.4) is 0 Å². The molecule has 0 aliphatic carbocycles. The van der Waals surface area contributed by atoms with Gasteiger partial charge in [0, 0.05) is 27.3 Å². The van der Waals surface area contributed by atoms with E-state index in [9.17, 15) is 4.79 Å². The maximum absolute atomic E-state index is 10.5. The number of ether oxygens (including phenoxy) is 1. The van der Waals surface area contributed by atoms with Gasteiger partial charge in [-0.15, -0.1) is 0 Å². The van der Waals surface area contributed by atoms with Gasteiger partial charge in [0.05, 0.1) is 0 Å². The van der Waals surface area contributed by atoms with Crippen LogP contribution in [0.5, 0.6) is 0 Å². The van der Waals surface area contributed by atoms with E-state index in [1.165, 1.54) is 0 Å². The van der Waals surface area contributed by atoms with Gasteiger partial charge in [0.15, 0.2) is 0 Å². The van der Waals surface area contributed by atoms with E-state index < -0.39 is 0 Å². The number of hydrogen-bond acceptors (Lipinski definition) is 2. The highest BCUT2D eigenvalue weighted by Crippen LogP contribution is 1.75. The van der Waals surface area contributed by atoms with Crippen molar-refractivity contribution in [2.24, 2.45) is 0 Å². The second-order valence-corrected chi connectivity index (χ2v) is 1.85. The molecule has 0 spiro atoms. The second-order valence-electron chi connectivity index (χ2n) is 1.85. The Hall–Kier alpha value is -0.770. The zero-order valence-corrected chi connectivity index (χ0v) is 6.44. The third-order valence-electron chi connectivity index (χ3n) is 1.04. The first-order valence-corrected chi connectivity index (χ1v) is 3.25. The van der Waals surface area contributed by atoms with Crippen LogP contribution in [0.25, 0.3) is 0 Å². The lowest BCUT2D eigenvalue weighted by Gasteiger charge is -2.02. The third kappa shape index (κ3) is 5.37. The Balaban J connectivity index is 2.96. The number of methoxy groups -OCH3 is 1. The predicted octanol–water partition coefficient (Wildman–Crippen LogP) is -0.0481. The molecule has 4 heteroatoms. The fourth-order valence-corrected chi connectivity index (χ4v) is 0.507. The summed E-state index contributed by atoms with van der Waals surface area (Å²) in [5.41, 5.74) is 0. The van der Waals surface area contributed by atoms with Gasteiger partial charge < -0.3 is 15.4 Å².